The molecule has 3 rings (SSSR count). The normalized spacial score (nSPS) is 27.4. The van der Waals surface area contributed by atoms with Crippen LogP contribution >= 0.6 is 0 Å². The fourth-order valence-electron chi connectivity index (χ4n) is 3.52. The number of aliphatic hydroxyl groups excluding tert-OH is 1. The lowest BCUT2D eigenvalue weighted by Crippen LogP contribution is -2.47. The predicted molar refractivity (Wildman–Crippen MR) is 81.0 cm³/mol. The minimum atomic E-state index is -0.162. The van der Waals surface area contributed by atoms with Crippen molar-refractivity contribution in [2.24, 2.45) is 11.3 Å². The third-order valence-electron chi connectivity index (χ3n) is 4.72. The van der Waals surface area contributed by atoms with E-state index in [-0.39, 0.29) is 18.1 Å². The SMILES string of the molecule is [C-]#[N+]c1ccc2c(c1)C1C=CCC1C(C(C)(C)CO)N2. The Kier molecular flexibility index (Phi) is 3.07. The van der Waals surface area contributed by atoms with E-state index in [2.05, 4.69) is 36.2 Å². The standard InChI is InChI=1S/C17H20N2O/c1-17(2,10-20)16-13-6-4-5-12(13)14-9-11(18-3)7-8-15(14)19-16/h4-5,7-9,12-13,16,19-20H,6,10H2,1-2H3. The molecule has 0 bridgehead atoms. The van der Waals surface area contributed by atoms with Gasteiger partial charge in [0.05, 0.1) is 13.2 Å². The van der Waals surface area contributed by atoms with Gasteiger partial charge in [-0.2, -0.15) is 0 Å². The second kappa shape index (κ2) is 4.64. The molecule has 20 heavy (non-hydrogen) atoms. The van der Waals surface area contributed by atoms with Gasteiger partial charge in [-0.25, -0.2) is 4.85 Å². The molecule has 1 aromatic carbocycles. The summed E-state index contributed by atoms with van der Waals surface area (Å²) in [5.41, 5.74) is 2.87. The summed E-state index contributed by atoms with van der Waals surface area (Å²) in [7, 11) is 0. The maximum Gasteiger partial charge on any atom is 0.187 e. The van der Waals surface area contributed by atoms with Gasteiger partial charge in [0.2, 0.25) is 0 Å². The number of rotatable bonds is 2. The average Bonchev–Trinajstić information content (AvgIpc) is 2.95. The summed E-state index contributed by atoms with van der Waals surface area (Å²) < 4.78 is 0. The topological polar surface area (TPSA) is 36.6 Å². The van der Waals surface area contributed by atoms with Crippen LogP contribution < -0.4 is 5.32 Å². The van der Waals surface area contributed by atoms with Crippen molar-refractivity contribution in [2.75, 3.05) is 11.9 Å². The van der Waals surface area contributed by atoms with Crippen molar-refractivity contribution in [3.63, 3.8) is 0 Å². The molecule has 2 aliphatic rings. The van der Waals surface area contributed by atoms with Crippen LogP contribution in [0.25, 0.3) is 4.85 Å². The number of aliphatic hydroxyl groups is 1. The molecule has 3 unspecified atom stereocenters. The molecule has 0 saturated heterocycles. The van der Waals surface area contributed by atoms with Gasteiger partial charge in [0.1, 0.15) is 0 Å². The maximum absolute atomic E-state index is 9.70. The van der Waals surface area contributed by atoms with Crippen LogP contribution in [-0.4, -0.2) is 17.8 Å². The molecule has 104 valence electrons. The second-order valence-corrected chi connectivity index (χ2v) is 6.51. The fourth-order valence-corrected chi connectivity index (χ4v) is 3.52. The summed E-state index contributed by atoms with van der Waals surface area (Å²) in [6, 6.07) is 6.12. The number of hydrogen-bond donors (Lipinski definition) is 2. The molecule has 3 nitrogen and oxygen atoms in total. The monoisotopic (exact) mass is 268 g/mol. The van der Waals surface area contributed by atoms with E-state index in [9.17, 15) is 5.11 Å². The summed E-state index contributed by atoms with van der Waals surface area (Å²) in [6.07, 6.45) is 5.53. The Morgan fingerprint density at radius 1 is 1.45 bits per heavy atom. The summed E-state index contributed by atoms with van der Waals surface area (Å²) in [4.78, 5) is 3.53. The van der Waals surface area contributed by atoms with Crippen molar-refractivity contribution in [1.82, 2.24) is 0 Å². The lowest BCUT2D eigenvalue weighted by molar-refractivity contribution is 0.111. The van der Waals surface area contributed by atoms with Gasteiger partial charge in [0, 0.05) is 23.1 Å². The van der Waals surface area contributed by atoms with Crippen LogP contribution in [0.4, 0.5) is 11.4 Å². The van der Waals surface area contributed by atoms with Gasteiger partial charge >= 0.3 is 0 Å². The molecule has 1 heterocycles. The van der Waals surface area contributed by atoms with Crippen LogP contribution in [0.3, 0.4) is 0 Å². The van der Waals surface area contributed by atoms with E-state index in [1.54, 1.807) is 0 Å². The third-order valence-corrected chi connectivity index (χ3v) is 4.72. The van der Waals surface area contributed by atoms with E-state index in [0.29, 0.717) is 17.5 Å². The quantitative estimate of drug-likeness (QED) is 0.633. The van der Waals surface area contributed by atoms with Gasteiger partial charge in [0.15, 0.2) is 5.69 Å². The molecule has 0 amide bonds. The lowest BCUT2D eigenvalue weighted by atomic mass is 9.69. The summed E-state index contributed by atoms with van der Waals surface area (Å²) >= 11 is 0. The number of allylic oxidation sites excluding steroid dienone is 2. The molecule has 1 aliphatic heterocycles. The first-order valence-corrected chi connectivity index (χ1v) is 7.12. The first-order valence-electron chi connectivity index (χ1n) is 7.12. The maximum atomic E-state index is 9.70. The molecule has 3 heteroatoms. The Morgan fingerprint density at radius 3 is 2.95 bits per heavy atom. The zero-order valence-electron chi connectivity index (χ0n) is 11.9. The van der Waals surface area contributed by atoms with Gasteiger partial charge in [-0.05, 0) is 24.0 Å². The van der Waals surface area contributed by atoms with Gasteiger partial charge < -0.3 is 10.4 Å². The molecule has 1 aromatic rings. The lowest BCUT2D eigenvalue weighted by Gasteiger charge is -2.45. The highest BCUT2D eigenvalue weighted by molar-refractivity contribution is 5.65. The van der Waals surface area contributed by atoms with E-state index in [0.717, 1.165) is 12.1 Å². The van der Waals surface area contributed by atoms with E-state index >= 15 is 0 Å². The zero-order valence-corrected chi connectivity index (χ0v) is 11.9. The Hall–Kier alpha value is -1.79. The van der Waals surface area contributed by atoms with Crippen molar-refractivity contribution in [1.29, 1.82) is 0 Å². The van der Waals surface area contributed by atoms with Crippen LogP contribution in [0.15, 0.2) is 30.4 Å². The van der Waals surface area contributed by atoms with Gasteiger partial charge in [0.25, 0.3) is 0 Å². The van der Waals surface area contributed by atoms with Gasteiger partial charge in [-0.15, -0.1) is 0 Å². The van der Waals surface area contributed by atoms with Gasteiger partial charge in [-0.3, -0.25) is 0 Å². The number of nitrogens with zero attached hydrogens (tertiary/aromatic N) is 1. The number of benzene rings is 1. The molecule has 0 radical (unpaired) electrons. The number of fused-ring (bicyclic) bond motifs is 3. The number of hydrogen-bond acceptors (Lipinski definition) is 2. The molecular formula is C17H20N2O. The number of nitrogens with one attached hydrogen (secondary N) is 1. The number of anilines is 1. The van der Waals surface area contributed by atoms with Crippen LogP contribution in [0.2, 0.25) is 0 Å². The van der Waals surface area contributed by atoms with Crippen molar-refractivity contribution in [3.05, 3.63) is 47.3 Å². The van der Waals surface area contributed by atoms with Crippen molar-refractivity contribution < 1.29 is 5.11 Å². The summed E-state index contributed by atoms with van der Waals surface area (Å²) in [5.74, 6) is 0.828. The first-order chi connectivity index (χ1) is 9.56. The Bertz CT molecular complexity index is 597. The van der Waals surface area contributed by atoms with E-state index < -0.39 is 0 Å². The third kappa shape index (κ3) is 1.92. The summed E-state index contributed by atoms with van der Waals surface area (Å²) in [6.45, 7) is 11.6. The average molecular weight is 268 g/mol. The predicted octanol–water partition coefficient (Wildman–Crippen LogP) is 3.71. The van der Waals surface area contributed by atoms with Crippen LogP contribution in [0.1, 0.15) is 31.7 Å². The van der Waals surface area contributed by atoms with Crippen molar-refractivity contribution >= 4 is 11.4 Å². The minimum Gasteiger partial charge on any atom is -0.396 e. The van der Waals surface area contributed by atoms with Crippen LogP contribution in [0.5, 0.6) is 0 Å². The smallest absolute Gasteiger partial charge is 0.187 e. The molecule has 2 N–H and O–H groups in total. The second-order valence-electron chi connectivity index (χ2n) is 6.51. The molecular weight excluding hydrogens is 248 g/mol. The first kappa shape index (κ1) is 13.2. The highest BCUT2D eigenvalue weighted by Crippen LogP contribution is 2.49. The van der Waals surface area contributed by atoms with Gasteiger partial charge in [-0.1, -0.05) is 38.1 Å². The van der Waals surface area contributed by atoms with Crippen molar-refractivity contribution in [3.8, 4) is 0 Å². The minimum absolute atomic E-state index is 0.162. The van der Waals surface area contributed by atoms with E-state index in [1.165, 1.54) is 5.56 Å². The Labute approximate surface area is 120 Å². The Morgan fingerprint density at radius 2 is 2.25 bits per heavy atom. The van der Waals surface area contributed by atoms with Crippen LogP contribution in [-0.2, 0) is 0 Å². The largest absolute Gasteiger partial charge is 0.396 e. The molecule has 0 aromatic heterocycles. The van der Waals surface area contributed by atoms with Crippen molar-refractivity contribution in [2.45, 2.75) is 32.2 Å². The van der Waals surface area contributed by atoms with E-state index in [4.69, 9.17) is 6.57 Å². The molecule has 0 spiro atoms. The molecule has 0 saturated carbocycles. The fraction of sp³-hybridized carbons (Fsp3) is 0.471. The highest BCUT2D eigenvalue weighted by atomic mass is 16.3. The molecule has 1 aliphatic carbocycles. The summed E-state index contributed by atoms with van der Waals surface area (Å²) in [5, 5.41) is 13.3. The van der Waals surface area contributed by atoms with Crippen LogP contribution in [0, 0.1) is 17.9 Å². The highest BCUT2D eigenvalue weighted by Gasteiger charge is 2.43. The molecule has 3 atom stereocenters. The molecule has 0 fully saturated rings. The zero-order chi connectivity index (χ0) is 14.3. The van der Waals surface area contributed by atoms with E-state index in [1.807, 2.05) is 18.2 Å². The Balaban J connectivity index is 2.05.